The van der Waals surface area contributed by atoms with Crippen LogP contribution in [0.3, 0.4) is 0 Å². The maximum absolute atomic E-state index is 12.7. The van der Waals surface area contributed by atoms with E-state index in [-0.39, 0.29) is 6.03 Å². The monoisotopic (exact) mass is 352 g/mol. The lowest BCUT2D eigenvalue weighted by Gasteiger charge is -2.32. The third-order valence-corrected chi connectivity index (χ3v) is 5.84. The standard InChI is InChI=1S/C21H28N4O/c1-16(2)18-6-4-17(5-7-18)14-25-19(8-12-22-25)23-20(26)24-13-3-9-21(15-24)10-11-21/h4-8,12,16H,3,9-11,13-15H2,1-2H3,(H,23,26). The number of hydrogen-bond donors (Lipinski definition) is 1. The van der Waals surface area contributed by atoms with E-state index in [1.807, 2.05) is 15.6 Å². The summed E-state index contributed by atoms with van der Waals surface area (Å²) in [6.07, 6.45) is 6.70. The lowest BCUT2D eigenvalue weighted by atomic mass is 9.95. The fourth-order valence-corrected chi connectivity index (χ4v) is 3.90. The van der Waals surface area contributed by atoms with Gasteiger partial charge < -0.3 is 4.90 Å². The summed E-state index contributed by atoms with van der Waals surface area (Å²) < 4.78 is 1.86. The third kappa shape index (κ3) is 3.62. The number of piperidine rings is 1. The Balaban J connectivity index is 1.41. The van der Waals surface area contributed by atoms with Crippen LogP contribution in [-0.4, -0.2) is 33.8 Å². The largest absolute Gasteiger partial charge is 0.324 e. The molecule has 2 amide bonds. The Labute approximate surface area is 155 Å². The fourth-order valence-electron chi connectivity index (χ4n) is 3.90. The normalized spacial score (nSPS) is 18.3. The molecule has 0 radical (unpaired) electrons. The number of hydrogen-bond acceptors (Lipinski definition) is 2. The first-order chi connectivity index (χ1) is 12.5. The van der Waals surface area contributed by atoms with Gasteiger partial charge in [-0.2, -0.15) is 5.10 Å². The Kier molecular flexibility index (Phi) is 4.47. The number of benzene rings is 1. The van der Waals surface area contributed by atoms with Gasteiger partial charge in [-0.25, -0.2) is 9.48 Å². The van der Waals surface area contributed by atoms with Crippen LogP contribution in [-0.2, 0) is 6.54 Å². The van der Waals surface area contributed by atoms with Gasteiger partial charge in [0.1, 0.15) is 5.82 Å². The molecule has 1 saturated carbocycles. The van der Waals surface area contributed by atoms with E-state index in [9.17, 15) is 4.79 Å². The van der Waals surface area contributed by atoms with Gasteiger partial charge in [-0.05, 0) is 48.1 Å². The Morgan fingerprint density at radius 1 is 1.19 bits per heavy atom. The van der Waals surface area contributed by atoms with Gasteiger partial charge in [0.2, 0.25) is 0 Å². The Morgan fingerprint density at radius 2 is 1.96 bits per heavy atom. The number of nitrogens with one attached hydrogen (secondary N) is 1. The topological polar surface area (TPSA) is 50.2 Å². The van der Waals surface area contributed by atoms with Gasteiger partial charge in [0, 0.05) is 19.2 Å². The van der Waals surface area contributed by atoms with Crippen LogP contribution in [0.15, 0.2) is 36.5 Å². The van der Waals surface area contributed by atoms with Crippen LogP contribution in [0.4, 0.5) is 10.6 Å². The van der Waals surface area contributed by atoms with Gasteiger partial charge in [-0.3, -0.25) is 5.32 Å². The van der Waals surface area contributed by atoms with Gasteiger partial charge in [0.15, 0.2) is 0 Å². The summed E-state index contributed by atoms with van der Waals surface area (Å²) in [6, 6.07) is 10.5. The number of aromatic nitrogens is 2. The zero-order chi connectivity index (χ0) is 18.1. The van der Waals surface area contributed by atoms with Gasteiger partial charge in [-0.1, -0.05) is 38.1 Å². The average Bonchev–Trinajstić information content (AvgIpc) is 3.23. The number of urea groups is 1. The molecule has 5 nitrogen and oxygen atoms in total. The van der Waals surface area contributed by atoms with Crippen molar-refractivity contribution >= 4 is 11.8 Å². The molecule has 1 spiro atoms. The molecular formula is C21H28N4O. The van der Waals surface area contributed by atoms with E-state index in [0.717, 1.165) is 25.3 Å². The van der Waals surface area contributed by atoms with E-state index in [4.69, 9.17) is 0 Å². The van der Waals surface area contributed by atoms with E-state index < -0.39 is 0 Å². The van der Waals surface area contributed by atoms with Crippen LogP contribution in [0.25, 0.3) is 0 Å². The molecule has 138 valence electrons. The lowest BCUT2D eigenvalue weighted by molar-refractivity contribution is 0.169. The predicted molar refractivity (Wildman–Crippen MR) is 103 cm³/mol. The Hall–Kier alpha value is -2.30. The van der Waals surface area contributed by atoms with Crippen LogP contribution in [0.5, 0.6) is 0 Å². The van der Waals surface area contributed by atoms with E-state index in [1.54, 1.807) is 6.20 Å². The second-order valence-corrected chi connectivity index (χ2v) is 8.23. The maximum atomic E-state index is 12.7. The third-order valence-electron chi connectivity index (χ3n) is 5.84. The minimum atomic E-state index is 0.00730. The second kappa shape index (κ2) is 6.78. The van der Waals surface area contributed by atoms with E-state index in [0.29, 0.717) is 17.9 Å². The summed E-state index contributed by atoms with van der Waals surface area (Å²) in [4.78, 5) is 14.7. The molecule has 1 aliphatic heterocycles. The quantitative estimate of drug-likeness (QED) is 0.883. The van der Waals surface area contributed by atoms with Crippen molar-refractivity contribution in [2.45, 2.75) is 52.0 Å². The molecule has 1 saturated heterocycles. The Morgan fingerprint density at radius 3 is 2.65 bits per heavy atom. The molecule has 0 atom stereocenters. The fraction of sp³-hybridized carbons (Fsp3) is 0.524. The highest BCUT2D eigenvalue weighted by atomic mass is 16.2. The number of carbonyl (C=O) groups excluding carboxylic acids is 1. The molecule has 0 unspecified atom stereocenters. The zero-order valence-electron chi connectivity index (χ0n) is 15.7. The smallest absolute Gasteiger partial charge is 0.323 e. The maximum Gasteiger partial charge on any atom is 0.323 e. The highest BCUT2D eigenvalue weighted by Crippen LogP contribution is 2.52. The number of likely N-dealkylation sites (tertiary alicyclic amines) is 1. The highest BCUT2D eigenvalue weighted by molar-refractivity contribution is 5.88. The molecule has 1 N–H and O–H groups in total. The average molecular weight is 352 g/mol. The van der Waals surface area contributed by atoms with Crippen molar-refractivity contribution in [1.29, 1.82) is 0 Å². The summed E-state index contributed by atoms with van der Waals surface area (Å²) in [7, 11) is 0. The molecular weight excluding hydrogens is 324 g/mol. The molecule has 1 aromatic carbocycles. The number of nitrogens with zero attached hydrogens (tertiary/aromatic N) is 3. The van der Waals surface area contributed by atoms with Crippen LogP contribution in [0.2, 0.25) is 0 Å². The number of anilines is 1. The van der Waals surface area contributed by atoms with E-state index >= 15 is 0 Å². The van der Waals surface area contributed by atoms with Crippen molar-refractivity contribution < 1.29 is 4.79 Å². The van der Waals surface area contributed by atoms with Crippen molar-refractivity contribution in [3.63, 3.8) is 0 Å². The summed E-state index contributed by atoms with van der Waals surface area (Å²) in [5, 5.41) is 7.45. The second-order valence-electron chi connectivity index (χ2n) is 8.23. The molecule has 2 heterocycles. The minimum absolute atomic E-state index is 0.00730. The molecule has 2 aromatic rings. The van der Waals surface area contributed by atoms with E-state index in [2.05, 4.69) is 48.5 Å². The highest BCUT2D eigenvalue weighted by Gasteiger charge is 2.46. The first-order valence-corrected chi connectivity index (χ1v) is 9.71. The molecule has 2 fully saturated rings. The first-order valence-electron chi connectivity index (χ1n) is 9.71. The number of rotatable bonds is 4. The van der Waals surface area contributed by atoms with Gasteiger partial charge >= 0.3 is 6.03 Å². The van der Waals surface area contributed by atoms with Crippen LogP contribution in [0.1, 0.15) is 56.6 Å². The SMILES string of the molecule is CC(C)c1ccc(Cn2nccc2NC(=O)N2CCCC3(CC3)C2)cc1. The molecule has 0 bridgehead atoms. The number of carbonyl (C=O) groups is 1. The van der Waals surface area contributed by atoms with Crippen molar-refractivity contribution in [1.82, 2.24) is 14.7 Å². The minimum Gasteiger partial charge on any atom is -0.324 e. The molecule has 4 rings (SSSR count). The molecule has 1 aliphatic carbocycles. The van der Waals surface area contributed by atoms with Gasteiger partial charge in [-0.15, -0.1) is 0 Å². The lowest BCUT2D eigenvalue weighted by Crippen LogP contribution is -2.43. The summed E-state index contributed by atoms with van der Waals surface area (Å²) in [5.41, 5.74) is 2.96. The summed E-state index contributed by atoms with van der Waals surface area (Å²) >= 11 is 0. The zero-order valence-corrected chi connectivity index (χ0v) is 15.7. The number of amides is 2. The molecule has 26 heavy (non-hydrogen) atoms. The van der Waals surface area contributed by atoms with Gasteiger partial charge in [0.05, 0.1) is 12.7 Å². The van der Waals surface area contributed by atoms with Crippen molar-refractivity contribution in [3.05, 3.63) is 47.7 Å². The summed E-state index contributed by atoms with van der Waals surface area (Å²) in [5.74, 6) is 1.29. The van der Waals surface area contributed by atoms with Crippen molar-refractivity contribution in [2.24, 2.45) is 5.41 Å². The Bertz CT molecular complexity index is 774. The van der Waals surface area contributed by atoms with Crippen LogP contribution >= 0.6 is 0 Å². The van der Waals surface area contributed by atoms with Gasteiger partial charge in [0.25, 0.3) is 0 Å². The molecule has 1 aromatic heterocycles. The van der Waals surface area contributed by atoms with Crippen LogP contribution in [0, 0.1) is 5.41 Å². The predicted octanol–water partition coefficient (Wildman–Crippen LogP) is 4.46. The van der Waals surface area contributed by atoms with Crippen molar-refractivity contribution in [2.75, 3.05) is 18.4 Å². The molecule has 5 heteroatoms. The summed E-state index contributed by atoms with van der Waals surface area (Å²) in [6.45, 7) is 6.82. The van der Waals surface area contributed by atoms with Crippen molar-refractivity contribution in [3.8, 4) is 0 Å². The molecule has 2 aliphatic rings. The first kappa shape index (κ1) is 17.1. The van der Waals surface area contributed by atoms with Crippen LogP contribution < -0.4 is 5.32 Å². The van der Waals surface area contributed by atoms with E-state index in [1.165, 1.54) is 30.4 Å².